The highest BCUT2D eigenvalue weighted by Gasteiger charge is 2.21. The Bertz CT molecular complexity index is 384. The average Bonchev–Trinajstić information content (AvgIpc) is 2.47. The summed E-state index contributed by atoms with van der Waals surface area (Å²) in [6.07, 6.45) is 9.86. The Morgan fingerprint density at radius 2 is 1.85 bits per heavy atom. The molecule has 1 saturated carbocycles. The molecule has 0 bridgehead atoms. The van der Waals surface area contributed by atoms with Gasteiger partial charge in [-0.1, -0.05) is 12.1 Å². The first-order valence-electron chi connectivity index (χ1n) is 7.74. The lowest BCUT2D eigenvalue weighted by Gasteiger charge is -2.30. The van der Waals surface area contributed by atoms with E-state index in [0.29, 0.717) is 17.8 Å². The first-order valence-corrected chi connectivity index (χ1v) is 9.03. The van der Waals surface area contributed by atoms with E-state index in [9.17, 15) is 5.11 Å². The van der Waals surface area contributed by atoms with Crippen molar-refractivity contribution in [2.24, 2.45) is 0 Å². The normalized spacial score (nSPS) is 24.5. The summed E-state index contributed by atoms with van der Waals surface area (Å²) in [5, 5.41) is 14.0. The molecular weight excluding hydrogens is 266 g/mol. The van der Waals surface area contributed by atoms with Crippen molar-refractivity contribution in [2.45, 2.75) is 62.8 Å². The fraction of sp³-hybridized carbons (Fsp3) is 0.647. The third kappa shape index (κ3) is 5.02. The van der Waals surface area contributed by atoms with E-state index in [1.54, 1.807) is 12.1 Å². The predicted octanol–water partition coefficient (Wildman–Crippen LogP) is 3.98. The van der Waals surface area contributed by atoms with Crippen LogP contribution in [0.15, 0.2) is 24.3 Å². The second-order valence-electron chi connectivity index (χ2n) is 5.98. The molecule has 0 radical (unpaired) electrons. The van der Waals surface area contributed by atoms with Gasteiger partial charge in [0.1, 0.15) is 5.75 Å². The smallest absolute Gasteiger partial charge is 0.115 e. The van der Waals surface area contributed by atoms with Gasteiger partial charge in [-0.15, -0.1) is 0 Å². The minimum atomic E-state index is 0.352. The monoisotopic (exact) mass is 293 g/mol. The van der Waals surface area contributed by atoms with Gasteiger partial charge in [0.25, 0.3) is 0 Å². The number of rotatable bonds is 6. The van der Waals surface area contributed by atoms with Crippen molar-refractivity contribution in [2.75, 3.05) is 6.26 Å². The molecule has 20 heavy (non-hydrogen) atoms. The van der Waals surface area contributed by atoms with Crippen LogP contribution in [0.25, 0.3) is 0 Å². The Kier molecular flexibility index (Phi) is 6.24. The first kappa shape index (κ1) is 15.7. The van der Waals surface area contributed by atoms with Crippen LogP contribution >= 0.6 is 11.8 Å². The molecule has 3 heteroatoms. The molecule has 1 aromatic carbocycles. The van der Waals surface area contributed by atoms with Crippen LogP contribution in [-0.2, 0) is 6.42 Å². The molecule has 112 valence electrons. The number of aromatic hydroxyl groups is 1. The molecule has 1 atom stereocenters. The first-order chi connectivity index (χ1) is 9.67. The fourth-order valence-electron chi connectivity index (χ4n) is 3.00. The zero-order valence-electron chi connectivity index (χ0n) is 12.6. The van der Waals surface area contributed by atoms with Crippen molar-refractivity contribution in [1.29, 1.82) is 0 Å². The summed E-state index contributed by atoms with van der Waals surface area (Å²) in [7, 11) is 0. The Labute approximate surface area is 127 Å². The molecule has 0 spiro atoms. The molecule has 0 amide bonds. The summed E-state index contributed by atoms with van der Waals surface area (Å²) in [6, 6.07) is 8.87. The second kappa shape index (κ2) is 7.94. The molecule has 1 aliphatic carbocycles. The molecule has 1 fully saturated rings. The van der Waals surface area contributed by atoms with Crippen molar-refractivity contribution in [3.63, 3.8) is 0 Å². The van der Waals surface area contributed by atoms with Crippen molar-refractivity contribution in [3.05, 3.63) is 29.8 Å². The van der Waals surface area contributed by atoms with E-state index in [4.69, 9.17) is 0 Å². The molecule has 0 heterocycles. The van der Waals surface area contributed by atoms with Crippen LogP contribution in [0.4, 0.5) is 0 Å². The number of benzene rings is 1. The summed E-state index contributed by atoms with van der Waals surface area (Å²) in [5.41, 5.74) is 1.31. The van der Waals surface area contributed by atoms with Crippen LogP contribution in [0.5, 0.6) is 5.75 Å². The van der Waals surface area contributed by atoms with Gasteiger partial charge < -0.3 is 10.4 Å². The van der Waals surface area contributed by atoms with Gasteiger partial charge in [-0.3, -0.25) is 0 Å². The standard InChI is InChI=1S/C17H27NOS/c1-13(3-4-14-5-9-16(19)10-6-14)18-15-7-11-17(20-2)12-8-15/h5-6,9-10,13,15,17-19H,3-4,7-8,11-12H2,1-2H3. The van der Waals surface area contributed by atoms with Crippen LogP contribution in [0, 0.1) is 0 Å². The number of nitrogens with one attached hydrogen (secondary N) is 1. The molecule has 2 N–H and O–H groups in total. The maximum atomic E-state index is 9.28. The SMILES string of the molecule is CSC1CCC(NC(C)CCc2ccc(O)cc2)CC1. The molecule has 0 saturated heterocycles. The van der Waals surface area contributed by atoms with Gasteiger partial charge >= 0.3 is 0 Å². The Balaban J connectivity index is 1.68. The summed E-state index contributed by atoms with van der Waals surface area (Å²) in [6.45, 7) is 2.29. The predicted molar refractivity (Wildman–Crippen MR) is 88.6 cm³/mol. The van der Waals surface area contributed by atoms with Gasteiger partial charge in [0.05, 0.1) is 0 Å². The van der Waals surface area contributed by atoms with E-state index >= 15 is 0 Å². The van der Waals surface area contributed by atoms with Gasteiger partial charge in [0.15, 0.2) is 0 Å². The lowest BCUT2D eigenvalue weighted by atomic mass is 9.94. The summed E-state index contributed by atoms with van der Waals surface area (Å²) < 4.78 is 0. The van der Waals surface area contributed by atoms with Crippen LogP contribution in [-0.4, -0.2) is 28.7 Å². The molecule has 0 aromatic heterocycles. The van der Waals surface area contributed by atoms with Gasteiger partial charge in [-0.2, -0.15) is 11.8 Å². The molecule has 1 unspecified atom stereocenters. The second-order valence-corrected chi connectivity index (χ2v) is 7.12. The van der Waals surface area contributed by atoms with Gasteiger partial charge in [-0.05, 0) is 69.4 Å². The lowest BCUT2D eigenvalue weighted by Crippen LogP contribution is -2.39. The Morgan fingerprint density at radius 1 is 1.20 bits per heavy atom. The van der Waals surface area contributed by atoms with Crippen LogP contribution < -0.4 is 5.32 Å². The molecule has 0 aliphatic heterocycles. The topological polar surface area (TPSA) is 32.3 Å². The summed E-state index contributed by atoms with van der Waals surface area (Å²) in [5.74, 6) is 0.352. The zero-order chi connectivity index (χ0) is 14.4. The Morgan fingerprint density at radius 3 is 2.45 bits per heavy atom. The highest BCUT2D eigenvalue weighted by atomic mass is 32.2. The van der Waals surface area contributed by atoms with Crippen molar-refractivity contribution < 1.29 is 5.11 Å². The van der Waals surface area contributed by atoms with E-state index in [1.165, 1.54) is 31.2 Å². The zero-order valence-corrected chi connectivity index (χ0v) is 13.5. The van der Waals surface area contributed by atoms with E-state index in [-0.39, 0.29) is 0 Å². The quantitative estimate of drug-likeness (QED) is 0.832. The van der Waals surface area contributed by atoms with E-state index in [0.717, 1.165) is 18.1 Å². The van der Waals surface area contributed by atoms with Crippen molar-refractivity contribution >= 4 is 11.8 Å². The number of aryl methyl sites for hydroxylation is 1. The Hall–Kier alpha value is -0.670. The van der Waals surface area contributed by atoms with E-state index < -0.39 is 0 Å². The molecule has 2 nitrogen and oxygen atoms in total. The molecule has 1 aromatic rings. The fourth-order valence-corrected chi connectivity index (χ4v) is 3.74. The minimum absolute atomic E-state index is 0.352. The summed E-state index contributed by atoms with van der Waals surface area (Å²) in [4.78, 5) is 0. The number of hydrogen-bond acceptors (Lipinski definition) is 3. The van der Waals surface area contributed by atoms with Gasteiger partial charge in [-0.25, -0.2) is 0 Å². The van der Waals surface area contributed by atoms with Crippen LogP contribution in [0.3, 0.4) is 0 Å². The lowest BCUT2D eigenvalue weighted by molar-refractivity contribution is 0.341. The van der Waals surface area contributed by atoms with E-state index in [1.807, 2.05) is 23.9 Å². The highest BCUT2D eigenvalue weighted by molar-refractivity contribution is 7.99. The van der Waals surface area contributed by atoms with Crippen LogP contribution in [0.2, 0.25) is 0 Å². The molecule has 2 rings (SSSR count). The third-order valence-electron chi connectivity index (χ3n) is 4.33. The van der Waals surface area contributed by atoms with Crippen LogP contribution in [0.1, 0.15) is 44.6 Å². The number of phenolic OH excluding ortho intramolecular Hbond substituents is 1. The van der Waals surface area contributed by atoms with Crippen molar-refractivity contribution in [1.82, 2.24) is 5.32 Å². The highest BCUT2D eigenvalue weighted by Crippen LogP contribution is 2.27. The molecule has 1 aliphatic rings. The maximum absolute atomic E-state index is 9.28. The largest absolute Gasteiger partial charge is 0.508 e. The third-order valence-corrected chi connectivity index (χ3v) is 5.47. The number of phenols is 1. The molecular formula is C17H27NOS. The van der Waals surface area contributed by atoms with E-state index in [2.05, 4.69) is 18.5 Å². The maximum Gasteiger partial charge on any atom is 0.115 e. The summed E-state index contributed by atoms with van der Waals surface area (Å²) >= 11 is 2.03. The van der Waals surface area contributed by atoms with Gasteiger partial charge in [0.2, 0.25) is 0 Å². The van der Waals surface area contributed by atoms with Crippen molar-refractivity contribution in [3.8, 4) is 5.75 Å². The van der Waals surface area contributed by atoms with Gasteiger partial charge in [0, 0.05) is 17.3 Å². The number of thioether (sulfide) groups is 1. The average molecular weight is 293 g/mol. The minimum Gasteiger partial charge on any atom is -0.508 e. The number of hydrogen-bond donors (Lipinski definition) is 2.